The van der Waals surface area contributed by atoms with Gasteiger partial charge in [0.2, 0.25) is 15.9 Å². The van der Waals surface area contributed by atoms with Gasteiger partial charge in [0.1, 0.15) is 0 Å². The first-order valence-electron chi connectivity index (χ1n) is 7.82. The van der Waals surface area contributed by atoms with Gasteiger partial charge in [0.05, 0.1) is 24.6 Å². The van der Waals surface area contributed by atoms with Crippen molar-refractivity contribution >= 4 is 33.3 Å². The number of carbonyl (C=O) groups excluding carboxylic acids is 2. The molecule has 0 saturated heterocycles. The van der Waals surface area contributed by atoms with Crippen molar-refractivity contribution < 1.29 is 22.7 Å². The number of nitrogens with zero attached hydrogens (tertiary/aromatic N) is 1. The molecule has 26 heavy (non-hydrogen) atoms. The van der Waals surface area contributed by atoms with E-state index in [0.29, 0.717) is 16.9 Å². The molecule has 0 bridgehead atoms. The van der Waals surface area contributed by atoms with Crippen LogP contribution in [0.1, 0.15) is 16.8 Å². The topological polar surface area (TPSA) is 92.8 Å². The molecule has 138 valence electrons. The third-order valence-electron chi connectivity index (χ3n) is 3.55. The van der Waals surface area contributed by atoms with Crippen LogP contribution in [-0.4, -0.2) is 40.2 Å². The molecule has 0 unspecified atom stereocenters. The number of para-hydroxylation sites is 1. The average molecular weight is 376 g/mol. The molecule has 0 aliphatic carbocycles. The maximum atomic E-state index is 12.2. The number of hydrogen-bond acceptors (Lipinski definition) is 5. The molecular weight excluding hydrogens is 356 g/mol. The van der Waals surface area contributed by atoms with Gasteiger partial charge in [-0.1, -0.05) is 24.3 Å². The van der Waals surface area contributed by atoms with Crippen molar-refractivity contribution in [1.82, 2.24) is 0 Å². The number of rotatable bonds is 7. The van der Waals surface area contributed by atoms with Gasteiger partial charge in [-0.05, 0) is 30.3 Å². The van der Waals surface area contributed by atoms with E-state index in [9.17, 15) is 18.0 Å². The summed E-state index contributed by atoms with van der Waals surface area (Å²) >= 11 is 0. The Balaban J connectivity index is 2.04. The van der Waals surface area contributed by atoms with Gasteiger partial charge in [0.15, 0.2) is 0 Å². The van der Waals surface area contributed by atoms with Crippen molar-refractivity contribution in [2.75, 3.05) is 29.5 Å². The summed E-state index contributed by atoms with van der Waals surface area (Å²) in [5.41, 5.74) is 1.24. The molecule has 1 amide bonds. The lowest BCUT2D eigenvalue weighted by atomic mass is 10.2. The van der Waals surface area contributed by atoms with Crippen molar-refractivity contribution in [3.63, 3.8) is 0 Å². The number of methoxy groups -OCH3 is 1. The van der Waals surface area contributed by atoms with Gasteiger partial charge < -0.3 is 10.1 Å². The highest BCUT2D eigenvalue weighted by Crippen LogP contribution is 2.17. The summed E-state index contributed by atoms with van der Waals surface area (Å²) in [5, 5.41) is 2.65. The Labute approximate surface area is 152 Å². The zero-order valence-corrected chi connectivity index (χ0v) is 15.3. The smallest absolute Gasteiger partial charge is 0.337 e. The number of benzene rings is 2. The number of nitrogens with one attached hydrogen (secondary N) is 1. The molecule has 0 heterocycles. The Morgan fingerprint density at radius 2 is 1.77 bits per heavy atom. The second-order valence-electron chi connectivity index (χ2n) is 5.54. The van der Waals surface area contributed by atoms with Crippen LogP contribution in [0.2, 0.25) is 0 Å². The number of sulfonamides is 1. The van der Waals surface area contributed by atoms with Crippen LogP contribution in [0.5, 0.6) is 0 Å². The first kappa shape index (κ1) is 19.5. The van der Waals surface area contributed by atoms with E-state index in [-0.39, 0.29) is 18.9 Å². The van der Waals surface area contributed by atoms with E-state index < -0.39 is 16.0 Å². The second kappa shape index (κ2) is 8.48. The zero-order valence-electron chi connectivity index (χ0n) is 14.5. The summed E-state index contributed by atoms with van der Waals surface area (Å²) in [6, 6.07) is 14.9. The highest BCUT2D eigenvalue weighted by molar-refractivity contribution is 7.92. The van der Waals surface area contributed by atoms with Crippen LogP contribution in [0.3, 0.4) is 0 Å². The number of anilines is 2. The minimum Gasteiger partial charge on any atom is -0.465 e. The minimum atomic E-state index is -3.52. The number of carbonyl (C=O) groups is 2. The van der Waals surface area contributed by atoms with Crippen molar-refractivity contribution in [2.45, 2.75) is 6.42 Å². The van der Waals surface area contributed by atoms with Crippen molar-refractivity contribution in [3.8, 4) is 0 Å². The maximum absolute atomic E-state index is 12.2. The Morgan fingerprint density at radius 3 is 2.38 bits per heavy atom. The molecule has 0 spiro atoms. The van der Waals surface area contributed by atoms with Crippen molar-refractivity contribution in [2.24, 2.45) is 0 Å². The third kappa shape index (κ3) is 5.32. The van der Waals surface area contributed by atoms with E-state index in [4.69, 9.17) is 0 Å². The number of amides is 1. The first-order chi connectivity index (χ1) is 12.3. The number of esters is 1. The van der Waals surface area contributed by atoms with Crippen molar-refractivity contribution in [3.05, 3.63) is 60.2 Å². The minimum absolute atomic E-state index is 0.00533. The van der Waals surface area contributed by atoms with E-state index in [1.54, 1.807) is 48.5 Å². The van der Waals surface area contributed by atoms with Crippen LogP contribution in [0, 0.1) is 0 Å². The molecular formula is C18H20N2O5S. The summed E-state index contributed by atoms with van der Waals surface area (Å²) in [6.45, 7) is 0.00533. The predicted molar refractivity (Wildman–Crippen MR) is 99.7 cm³/mol. The summed E-state index contributed by atoms with van der Waals surface area (Å²) in [6.07, 6.45) is 1.06. The van der Waals surface area contributed by atoms with Crippen LogP contribution < -0.4 is 9.62 Å². The molecule has 0 atom stereocenters. The quantitative estimate of drug-likeness (QED) is 0.748. The third-order valence-corrected chi connectivity index (χ3v) is 4.75. The fourth-order valence-electron chi connectivity index (χ4n) is 2.35. The molecule has 2 aromatic rings. The van der Waals surface area contributed by atoms with E-state index in [2.05, 4.69) is 10.1 Å². The molecule has 0 aromatic heterocycles. The molecule has 7 nitrogen and oxygen atoms in total. The molecule has 0 aliphatic rings. The fraction of sp³-hybridized carbons (Fsp3) is 0.222. The van der Waals surface area contributed by atoms with Gasteiger partial charge in [0, 0.05) is 18.7 Å². The lowest BCUT2D eigenvalue weighted by molar-refractivity contribution is -0.116. The van der Waals surface area contributed by atoms with Gasteiger partial charge in [-0.3, -0.25) is 9.10 Å². The van der Waals surface area contributed by atoms with Crippen LogP contribution >= 0.6 is 0 Å². The van der Waals surface area contributed by atoms with E-state index in [0.717, 1.165) is 6.26 Å². The predicted octanol–water partition coefficient (Wildman–Crippen LogP) is 2.27. The molecule has 2 rings (SSSR count). The Bertz CT molecular complexity index is 881. The number of ether oxygens (including phenoxy) is 1. The lowest BCUT2D eigenvalue weighted by Gasteiger charge is -2.22. The largest absolute Gasteiger partial charge is 0.465 e. The summed E-state index contributed by atoms with van der Waals surface area (Å²) < 4.78 is 29.8. The summed E-state index contributed by atoms with van der Waals surface area (Å²) in [7, 11) is -2.24. The molecule has 0 radical (unpaired) electrons. The zero-order chi connectivity index (χ0) is 19.2. The molecule has 0 aliphatic heterocycles. The van der Waals surface area contributed by atoms with E-state index >= 15 is 0 Å². The highest BCUT2D eigenvalue weighted by atomic mass is 32.2. The Kier molecular flexibility index (Phi) is 6.35. The Hall–Kier alpha value is -2.87. The highest BCUT2D eigenvalue weighted by Gasteiger charge is 2.18. The standard InChI is InChI=1S/C18H20N2O5S/c1-25-18(22)14-7-6-8-15(13-14)19-17(21)11-12-20(26(2,23)24)16-9-4-3-5-10-16/h3-10,13H,11-12H2,1-2H3,(H,19,21). The van der Waals surface area contributed by atoms with E-state index in [1.165, 1.54) is 17.5 Å². The van der Waals surface area contributed by atoms with Crippen molar-refractivity contribution in [1.29, 1.82) is 0 Å². The molecule has 0 saturated carbocycles. The fourth-order valence-corrected chi connectivity index (χ4v) is 3.28. The average Bonchev–Trinajstić information content (AvgIpc) is 2.61. The summed E-state index contributed by atoms with van der Waals surface area (Å²) in [4.78, 5) is 23.7. The van der Waals surface area contributed by atoms with Gasteiger partial charge in [-0.15, -0.1) is 0 Å². The normalized spacial score (nSPS) is 10.8. The van der Waals surface area contributed by atoms with Crippen LogP contribution in [-0.2, 0) is 19.6 Å². The molecule has 0 fully saturated rings. The molecule has 8 heteroatoms. The Morgan fingerprint density at radius 1 is 1.08 bits per heavy atom. The van der Waals surface area contributed by atoms with E-state index in [1.807, 2.05) is 0 Å². The maximum Gasteiger partial charge on any atom is 0.337 e. The van der Waals surface area contributed by atoms with Crippen LogP contribution in [0.25, 0.3) is 0 Å². The molecule has 1 N–H and O–H groups in total. The van der Waals surface area contributed by atoms with Gasteiger partial charge in [-0.25, -0.2) is 13.2 Å². The monoisotopic (exact) mass is 376 g/mol. The summed E-state index contributed by atoms with van der Waals surface area (Å²) in [5.74, 6) is -0.870. The van der Waals surface area contributed by atoms with Gasteiger partial charge in [-0.2, -0.15) is 0 Å². The molecule has 2 aromatic carbocycles. The van der Waals surface area contributed by atoms with Crippen LogP contribution in [0.15, 0.2) is 54.6 Å². The van der Waals surface area contributed by atoms with Crippen LogP contribution in [0.4, 0.5) is 11.4 Å². The lowest BCUT2D eigenvalue weighted by Crippen LogP contribution is -2.33. The second-order valence-corrected chi connectivity index (χ2v) is 7.45. The van der Waals surface area contributed by atoms with Gasteiger partial charge >= 0.3 is 5.97 Å². The first-order valence-corrected chi connectivity index (χ1v) is 9.67. The SMILES string of the molecule is COC(=O)c1cccc(NC(=O)CCN(c2ccccc2)S(C)(=O)=O)c1. The number of hydrogen-bond donors (Lipinski definition) is 1. The van der Waals surface area contributed by atoms with Gasteiger partial charge in [0.25, 0.3) is 0 Å².